The molecule has 80 heavy (non-hydrogen) atoms. The molecule has 15 unspecified atom stereocenters. The highest BCUT2D eigenvalue weighted by molar-refractivity contribution is 5.19. The van der Waals surface area contributed by atoms with Crippen molar-refractivity contribution in [3.63, 3.8) is 0 Å². The van der Waals surface area contributed by atoms with Gasteiger partial charge in [-0.15, -0.1) is 0 Å². The van der Waals surface area contributed by atoms with Gasteiger partial charge >= 0.3 is 0 Å². The molecular formula is C67H74O13. The van der Waals surface area contributed by atoms with Crippen molar-refractivity contribution < 1.29 is 61.9 Å². The molecule has 0 spiro atoms. The first-order valence-electron chi connectivity index (χ1n) is 27.9. The number of rotatable bonds is 25. The number of aliphatic hydroxyl groups excluding tert-OH is 1. The smallest absolute Gasteiger partial charge is 0.187 e. The van der Waals surface area contributed by atoms with Gasteiger partial charge in [-0.1, -0.05) is 212 Å². The standard InChI is InChI=1S/C67H74O13/c1-46-58(70-40-50-27-13-5-14-28-50)62(73-43-53-33-19-8-20-34-53)64(66(77-46)75-45-55-37-23-10-24-38-55)80-65-56(68)60(71-41-51-29-15-6-16-30-51)59(48(3)76-65)79-67-63(74-44-54-35-21-9-22-36-54)61(72-42-52-31-17-7-18-32-52)57(47(2)78-67)69-39-49-25-11-4-12-26-49/h4-38,46-48,56-68H,39-45H2,1-3H3. The quantitative estimate of drug-likeness (QED) is 0.0583. The third kappa shape index (κ3) is 15.5. The van der Waals surface area contributed by atoms with Gasteiger partial charge in [-0.3, -0.25) is 0 Å². The van der Waals surface area contributed by atoms with Crippen molar-refractivity contribution in [1.82, 2.24) is 0 Å². The van der Waals surface area contributed by atoms with E-state index in [0.29, 0.717) is 6.61 Å². The fourth-order valence-electron chi connectivity index (χ4n) is 10.5. The predicted molar refractivity (Wildman–Crippen MR) is 300 cm³/mol. The highest BCUT2D eigenvalue weighted by Gasteiger charge is 2.55. The molecule has 3 aliphatic rings. The maximum atomic E-state index is 12.9. The number of benzene rings is 7. The van der Waals surface area contributed by atoms with Gasteiger partial charge in [-0.25, -0.2) is 0 Å². The Morgan fingerprint density at radius 1 is 0.263 bits per heavy atom. The van der Waals surface area contributed by atoms with Crippen LogP contribution < -0.4 is 0 Å². The molecule has 7 aromatic rings. The molecule has 0 aromatic heterocycles. The average Bonchev–Trinajstić information content (AvgIpc) is 3.51. The zero-order valence-corrected chi connectivity index (χ0v) is 45.7. The van der Waals surface area contributed by atoms with Crippen molar-refractivity contribution in [2.75, 3.05) is 0 Å². The minimum absolute atomic E-state index is 0.140. The third-order valence-corrected chi connectivity index (χ3v) is 14.8. The lowest BCUT2D eigenvalue weighted by Crippen LogP contribution is -2.66. The zero-order chi connectivity index (χ0) is 54.9. The Balaban J connectivity index is 0.966. The number of hydrogen-bond donors (Lipinski definition) is 1. The average molecular weight is 1090 g/mol. The van der Waals surface area contributed by atoms with Crippen molar-refractivity contribution in [2.24, 2.45) is 0 Å². The van der Waals surface area contributed by atoms with E-state index in [1.165, 1.54) is 0 Å². The van der Waals surface area contributed by atoms with Crippen LogP contribution in [0.2, 0.25) is 0 Å². The molecule has 0 amide bonds. The fraction of sp³-hybridized carbons (Fsp3) is 0.373. The lowest BCUT2D eigenvalue weighted by atomic mass is 9.96. The SMILES string of the molecule is CC1OC(OC2C(OCc3ccccc3)OC(C)C(OCc3ccccc3)C2OCc2ccccc2)C(O)C(OCc2ccccc2)C1OC1OC(C)C(OCc2ccccc2)C(OCc2ccccc2)C1OCc1ccccc1. The van der Waals surface area contributed by atoms with Crippen LogP contribution in [0.1, 0.15) is 59.7 Å². The van der Waals surface area contributed by atoms with Crippen molar-refractivity contribution in [1.29, 1.82) is 0 Å². The summed E-state index contributed by atoms with van der Waals surface area (Å²) in [7, 11) is 0. The molecule has 7 aromatic carbocycles. The second-order valence-corrected chi connectivity index (χ2v) is 20.7. The Morgan fingerprint density at radius 3 is 0.875 bits per heavy atom. The van der Waals surface area contributed by atoms with Gasteiger partial charge in [0, 0.05) is 0 Å². The van der Waals surface area contributed by atoms with Crippen LogP contribution in [-0.2, 0) is 103 Å². The van der Waals surface area contributed by atoms with Gasteiger partial charge in [-0.2, -0.15) is 0 Å². The van der Waals surface area contributed by atoms with Gasteiger partial charge in [-0.05, 0) is 59.7 Å². The van der Waals surface area contributed by atoms with E-state index in [2.05, 4.69) is 0 Å². The lowest BCUT2D eigenvalue weighted by molar-refractivity contribution is -0.389. The van der Waals surface area contributed by atoms with E-state index in [0.717, 1.165) is 38.9 Å². The normalized spacial score (nSPS) is 28.8. The summed E-state index contributed by atoms with van der Waals surface area (Å²) in [5.41, 5.74) is 6.72. The molecular weight excluding hydrogens is 1010 g/mol. The largest absolute Gasteiger partial charge is 0.385 e. The number of ether oxygens (including phenoxy) is 12. The van der Waals surface area contributed by atoms with Gasteiger partial charge in [0.05, 0.1) is 64.6 Å². The van der Waals surface area contributed by atoms with Crippen molar-refractivity contribution in [2.45, 2.75) is 159 Å². The van der Waals surface area contributed by atoms with E-state index in [-0.39, 0.29) is 39.6 Å². The molecule has 13 nitrogen and oxygen atoms in total. The van der Waals surface area contributed by atoms with Crippen LogP contribution in [0.25, 0.3) is 0 Å². The summed E-state index contributed by atoms with van der Waals surface area (Å²) in [6, 6.07) is 69.5. The summed E-state index contributed by atoms with van der Waals surface area (Å²) < 4.78 is 82.6. The first kappa shape index (κ1) is 57.3. The van der Waals surface area contributed by atoms with Crippen molar-refractivity contribution in [3.05, 3.63) is 251 Å². The molecule has 3 heterocycles. The number of aliphatic hydroxyl groups is 1. The highest BCUT2D eigenvalue weighted by Crippen LogP contribution is 2.38. The Labute approximate surface area is 470 Å². The van der Waals surface area contributed by atoms with Crippen LogP contribution in [0.5, 0.6) is 0 Å². The summed E-state index contributed by atoms with van der Waals surface area (Å²) in [4.78, 5) is 0. The zero-order valence-electron chi connectivity index (χ0n) is 45.7. The topological polar surface area (TPSA) is 131 Å². The molecule has 0 saturated carbocycles. The molecule has 1 N–H and O–H groups in total. The summed E-state index contributed by atoms with van der Waals surface area (Å²) in [5.74, 6) is 0. The second-order valence-electron chi connectivity index (χ2n) is 20.7. The molecule has 420 valence electrons. The first-order chi connectivity index (χ1) is 39.3. The van der Waals surface area contributed by atoms with E-state index in [9.17, 15) is 5.11 Å². The minimum Gasteiger partial charge on any atom is -0.385 e. The Kier molecular flexibility index (Phi) is 20.9. The van der Waals surface area contributed by atoms with Crippen molar-refractivity contribution in [3.8, 4) is 0 Å². The Morgan fingerprint density at radius 2 is 0.512 bits per heavy atom. The maximum Gasteiger partial charge on any atom is 0.187 e. The van der Waals surface area contributed by atoms with E-state index < -0.39 is 92.1 Å². The van der Waals surface area contributed by atoms with Gasteiger partial charge in [0.25, 0.3) is 0 Å². The van der Waals surface area contributed by atoms with Gasteiger partial charge in [0.15, 0.2) is 18.9 Å². The summed E-state index contributed by atoms with van der Waals surface area (Å²) in [6.07, 6.45) is -13.1. The van der Waals surface area contributed by atoms with Crippen LogP contribution in [0.15, 0.2) is 212 Å². The molecule has 3 aliphatic heterocycles. The summed E-state index contributed by atoms with van der Waals surface area (Å²) in [5, 5.41) is 12.9. The van der Waals surface area contributed by atoms with Crippen LogP contribution in [0.4, 0.5) is 0 Å². The summed E-state index contributed by atoms with van der Waals surface area (Å²) >= 11 is 0. The second kappa shape index (κ2) is 29.1. The first-order valence-corrected chi connectivity index (χ1v) is 27.9. The number of hydrogen-bond acceptors (Lipinski definition) is 13. The van der Waals surface area contributed by atoms with Crippen LogP contribution in [0.3, 0.4) is 0 Å². The minimum atomic E-state index is -1.44. The van der Waals surface area contributed by atoms with Gasteiger partial charge in [0.1, 0.15) is 54.9 Å². The summed E-state index contributed by atoms with van der Waals surface area (Å²) in [6.45, 7) is 7.48. The van der Waals surface area contributed by atoms with Gasteiger partial charge in [0.2, 0.25) is 0 Å². The molecule has 3 saturated heterocycles. The molecule has 0 aliphatic carbocycles. The van der Waals surface area contributed by atoms with E-state index in [4.69, 9.17) is 56.8 Å². The lowest BCUT2D eigenvalue weighted by Gasteiger charge is -2.50. The van der Waals surface area contributed by atoms with Crippen LogP contribution in [0, 0.1) is 0 Å². The fourth-order valence-corrected chi connectivity index (χ4v) is 10.5. The molecule has 3 fully saturated rings. The monoisotopic (exact) mass is 1090 g/mol. The molecule has 0 radical (unpaired) electrons. The highest BCUT2D eigenvalue weighted by atomic mass is 16.8. The van der Waals surface area contributed by atoms with Crippen molar-refractivity contribution >= 4 is 0 Å². The van der Waals surface area contributed by atoms with Gasteiger partial charge < -0.3 is 61.9 Å². The molecule has 13 heteroatoms. The maximum absolute atomic E-state index is 12.9. The Bertz CT molecular complexity index is 2820. The third-order valence-electron chi connectivity index (χ3n) is 14.8. The van der Waals surface area contributed by atoms with E-state index >= 15 is 0 Å². The Hall–Kier alpha value is -5.98. The van der Waals surface area contributed by atoms with E-state index in [1.54, 1.807) is 0 Å². The molecule has 0 bridgehead atoms. The molecule has 10 rings (SSSR count). The molecule has 15 atom stereocenters. The van der Waals surface area contributed by atoms with E-state index in [1.807, 2.05) is 233 Å². The van der Waals surface area contributed by atoms with Crippen LogP contribution >= 0.6 is 0 Å². The predicted octanol–water partition coefficient (Wildman–Crippen LogP) is 11.1. The van der Waals surface area contributed by atoms with Crippen LogP contribution in [-0.4, -0.2) is 97.2 Å².